The van der Waals surface area contributed by atoms with E-state index in [-0.39, 0.29) is 12.5 Å². The molecule has 1 atom stereocenters. The summed E-state index contributed by atoms with van der Waals surface area (Å²) in [4.78, 5) is 26.5. The number of benzene rings is 1. The highest BCUT2D eigenvalue weighted by Gasteiger charge is 2.26. The molecule has 0 spiro atoms. The number of fused-ring (bicyclic) bond motifs is 1. The molecule has 1 aliphatic rings. The summed E-state index contributed by atoms with van der Waals surface area (Å²) in [7, 11) is 1.65. The summed E-state index contributed by atoms with van der Waals surface area (Å²) in [6.07, 6.45) is 2.81. The molecule has 3 N–H and O–H groups in total. The van der Waals surface area contributed by atoms with Gasteiger partial charge in [-0.05, 0) is 11.1 Å². The number of carbonyl (C=O) groups is 2. The highest BCUT2D eigenvalue weighted by molar-refractivity contribution is 5.74. The van der Waals surface area contributed by atoms with Crippen molar-refractivity contribution in [3.63, 3.8) is 0 Å². The molecule has 1 unspecified atom stereocenters. The summed E-state index contributed by atoms with van der Waals surface area (Å²) < 4.78 is 7.01. The molecule has 0 saturated carbocycles. The van der Waals surface area contributed by atoms with Crippen LogP contribution in [0.15, 0.2) is 36.8 Å². The number of aliphatic hydroxyl groups is 1. The third-order valence-electron chi connectivity index (χ3n) is 4.21. The zero-order chi connectivity index (χ0) is 19.6. The molecule has 27 heavy (non-hydrogen) atoms. The molecule has 2 aromatic rings. The lowest BCUT2D eigenvalue weighted by atomic mass is 9.98. The van der Waals surface area contributed by atoms with E-state index in [1.54, 1.807) is 24.5 Å². The summed E-state index contributed by atoms with van der Waals surface area (Å²) in [6, 6.07) is 7.48. The molecule has 1 aromatic carbocycles. The Morgan fingerprint density at radius 3 is 2.93 bits per heavy atom. The predicted octanol–water partition coefficient (Wildman–Crippen LogP) is 0.989. The standard InChI is InChI=1S/C17H22N4O3.CH2O2/c1-24-7-6-20-12-18-8-14(20)9-19-17(23)21-10-13-4-2-3-5-15(13)16(22)11-21;2-1-3/h2-5,8,12,16,22H,6-7,9-11H2,1H3,(H,19,23);1H,(H,2,3). The summed E-state index contributed by atoms with van der Waals surface area (Å²) in [6.45, 7) is 2.22. The summed E-state index contributed by atoms with van der Waals surface area (Å²) in [5, 5.41) is 20.0. The molecule has 2 amide bonds. The number of imidazole rings is 1. The third kappa shape index (κ3) is 5.53. The number of urea groups is 1. The number of β-amino-alcohol motifs (C(OH)–C–C–N with tert-alkyl or cyclic N) is 1. The third-order valence-corrected chi connectivity index (χ3v) is 4.21. The summed E-state index contributed by atoms with van der Waals surface area (Å²) in [5.41, 5.74) is 2.80. The number of carboxylic acid groups (broad SMARTS) is 1. The number of nitrogens with zero attached hydrogens (tertiary/aromatic N) is 3. The first-order chi connectivity index (χ1) is 13.1. The van der Waals surface area contributed by atoms with Crippen LogP contribution in [0.1, 0.15) is 22.9 Å². The molecular weight excluding hydrogens is 352 g/mol. The lowest BCUT2D eigenvalue weighted by Gasteiger charge is -2.32. The number of nitrogens with one attached hydrogen (secondary N) is 1. The smallest absolute Gasteiger partial charge is 0.318 e. The number of methoxy groups -OCH3 is 1. The summed E-state index contributed by atoms with van der Waals surface area (Å²) in [5.74, 6) is 0. The number of carbonyl (C=O) groups excluding carboxylic acids is 1. The highest BCUT2D eigenvalue weighted by atomic mass is 16.5. The zero-order valence-corrected chi connectivity index (χ0v) is 15.1. The molecule has 0 radical (unpaired) electrons. The van der Waals surface area contributed by atoms with E-state index in [0.29, 0.717) is 32.8 Å². The molecule has 0 fully saturated rings. The Labute approximate surface area is 157 Å². The largest absolute Gasteiger partial charge is 0.483 e. The van der Waals surface area contributed by atoms with Gasteiger partial charge < -0.3 is 29.7 Å². The first kappa shape index (κ1) is 20.4. The maximum Gasteiger partial charge on any atom is 0.318 e. The minimum atomic E-state index is -0.645. The quantitative estimate of drug-likeness (QED) is 0.670. The van der Waals surface area contributed by atoms with Crippen molar-refractivity contribution in [2.24, 2.45) is 0 Å². The fraction of sp³-hybridized carbons (Fsp3) is 0.389. The van der Waals surface area contributed by atoms with Gasteiger partial charge in [-0.15, -0.1) is 0 Å². The van der Waals surface area contributed by atoms with Crippen molar-refractivity contribution in [2.75, 3.05) is 20.3 Å². The molecule has 146 valence electrons. The normalized spacial score (nSPS) is 15.3. The number of aromatic nitrogens is 2. The highest BCUT2D eigenvalue weighted by Crippen LogP contribution is 2.26. The van der Waals surface area contributed by atoms with Crippen molar-refractivity contribution in [3.8, 4) is 0 Å². The topological polar surface area (TPSA) is 117 Å². The van der Waals surface area contributed by atoms with Gasteiger partial charge in [-0.1, -0.05) is 24.3 Å². The SMILES string of the molecule is COCCn1cncc1CNC(=O)N1Cc2ccccc2C(O)C1.O=CO. The molecule has 2 heterocycles. The van der Waals surface area contributed by atoms with Crippen LogP contribution in [0, 0.1) is 0 Å². The molecule has 0 aliphatic carbocycles. The Balaban J connectivity index is 0.000000817. The van der Waals surface area contributed by atoms with Crippen LogP contribution in [0.2, 0.25) is 0 Å². The Hall–Kier alpha value is -2.91. The molecule has 9 heteroatoms. The molecule has 0 saturated heterocycles. The minimum Gasteiger partial charge on any atom is -0.483 e. The number of hydrogen-bond acceptors (Lipinski definition) is 5. The first-order valence-electron chi connectivity index (χ1n) is 8.45. The Morgan fingerprint density at radius 2 is 2.19 bits per heavy atom. The first-order valence-corrected chi connectivity index (χ1v) is 8.45. The van der Waals surface area contributed by atoms with E-state index in [0.717, 1.165) is 16.8 Å². The Kier molecular flexibility index (Phi) is 7.78. The minimum absolute atomic E-state index is 0.192. The van der Waals surface area contributed by atoms with Crippen LogP contribution < -0.4 is 5.32 Å². The van der Waals surface area contributed by atoms with Crippen molar-refractivity contribution in [1.82, 2.24) is 19.8 Å². The van der Waals surface area contributed by atoms with Crippen LogP contribution in [0.4, 0.5) is 4.79 Å². The van der Waals surface area contributed by atoms with Crippen LogP contribution in [0.3, 0.4) is 0 Å². The van der Waals surface area contributed by atoms with Gasteiger partial charge in [0, 0.05) is 26.4 Å². The maximum atomic E-state index is 12.4. The van der Waals surface area contributed by atoms with Crippen molar-refractivity contribution >= 4 is 12.5 Å². The number of ether oxygens (including phenoxy) is 1. The fourth-order valence-corrected chi connectivity index (χ4v) is 2.90. The van der Waals surface area contributed by atoms with Gasteiger partial charge in [0.2, 0.25) is 0 Å². The Bertz CT molecular complexity index is 749. The molecule has 1 aliphatic heterocycles. The molecule has 1 aromatic heterocycles. The van der Waals surface area contributed by atoms with Crippen LogP contribution >= 0.6 is 0 Å². The van der Waals surface area contributed by atoms with E-state index in [1.807, 2.05) is 28.8 Å². The second-order valence-corrected chi connectivity index (χ2v) is 5.93. The van der Waals surface area contributed by atoms with E-state index >= 15 is 0 Å². The second-order valence-electron chi connectivity index (χ2n) is 5.93. The lowest BCUT2D eigenvalue weighted by Crippen LogP contribution is -2.44. The van der Waals surface area contributed by atoms with Gasteiger partial charge in [-0.3, -0.25) is 4.79 Å². The molecule has 0 bridgehead atoms. The second kappa shape index (κ2) is 10.3. The van der Waals surface area contributed by atoms with Gasteiger partial charge in [0.25, 0.3) is 6.47 Å². The van der Waals surface area contributed by atoms with E-state index in [9.17, 15) is 9.90 Å². The van der Waals surface area contributed by atoms with Crippen LogP contribution in [0.25, 0.3) is 0 Å². The number of amides is 2. The van der Waals surface area contributed by atoms with Gasteiger partial charge in [0.15, 0.2) is 0 Å². The zero-order valence-electron chi connectivity index (χ0n) is 15.1. The average Bonchev–Trinajstić information content (AvgIpc) is 3.12. The monoisotopic (exact) mass is 376 g/mol. The number of aliphatic hydroxyl groups excluding tert-OH is 1. The van der Waals surface area contributed by atoms with Gasteiger partial charge in [0.05, 0.1) is 37.8 Å². The average molecular weight is 376 g/mol. The molecular formula is C18H24N4O5. The molecule has 9 nitrogen and oxygen atoms in total. The number of rotatable bonds is 5. The molecule has 3 rings (SSSR count). The van der Waals surface area contributed by atoms with Crippen LogP contribution in [-0.4, -0.2) is 57.4 Å². The predicted molar refractivity (Wildman–Crippen MR) is 96.8 cm³/mol. The van der Waals surface area contributed by atoms with Crippen LogP contribution in [-0.2, 0) is 29.2 Å². The van der Waals surface area contributed by atoms with Crippen molar-refractivity contribution < 1.29 is 24.5 Å². The van der Waals surface area contributed by atoms with Gasteiger partial charge in [0.1, 0.15) is 0 Å². The summed E-state index contributed by atoms with van der Waals surface area (Å²) >= 11 is 0. The Morgan fingerprint density at radius 1 is 1.44 bits per heavy atom. The fourth-order valence-electron chi connectivity index (χ4n) is 2.90. The van der Waals surface area contributed by atoms with Crippen LogP contribution in [0.5, 0.6) is 0 Å². The van der Waals surface area contributed by atoms with Crippen molar-refractivity contribution in [2.45, 2.75) is 25.7 Å². The lowest BCUT2D eigenvalue weighted by molar-refractivity contribution is -0.122. The van der Waals surface area contributed by atoms with E-state index in [2.05, 4.69) is 10.3 Å². The number of hydrogen-bond donors (Lipinski definition) is 3. The van der Waals surface area contributed by atoms with E-state index in [4.69, 9.17) is 14.6 Å². The van der Waals surface area contributed by atoms with Gasteiger partial charge in [-0.2, -0.15) is 0 Å². The van der Waals surface area contributed by atoms with Gasteiger partial charge >= 0.3 is 6.03 Å². The maximum absolute atomic E-state index is 12.4. The van der Waals surface area contributed by atoms with Crippen molar-refractivity contribution in [1.29, 1.82) is 0 Å². The van der Waals surface area contributed by atoms with Crippen molar-refractivity contribution in [3.05, 3.63) is 53.6 Å². The van der Waals surface area contributed by atoms with E-state index in [1.165, 1.54) is 0 Å². The van der Waals surface area contributed by atoms with E-state index < -0.39 is 6.10 Å². The van der Waals surface area contributed by atoms with Gasteiger partial charge in [-0.25, -0.2) is 9.78 Å².